The molecule has 2 aliphatic rings. The second-order valence-corrected chi connectivity index (χ2v) is 7.74. The Morgan fingerprint density at radius 2 is 1.86 bits per heavy atom. The fourth-order valence-electron chi connectivity index (χ4n) is 4.43. The second-order valence-electron chi connectivity index (χ2n) is 7.74. The Hall–Kier alpha value is -2.12. The van der Waals surface area contributed by atoms with Crippen molar-refractivity contribution in [3.8, 4) is 11.1 Å². The highest BCUT2D eigenvalue weighted by Crippen LogP contribution is 2.40. The smallest absolute Gasteiger partial charge is 0.344 e. The van der Waals surface area contributed by atoms with Gasteiger partial charge in [-0.25, -0.2) is 0 Å². The van der Waals surface area contributed by atoms with Crippen LogP contribution in [-0.2, 0) is 11.0 Å². The number of pyridine rings is 1. The molecule has 1 aromatic carbocycles. The van der Waals surface area contributed by atoms with E-state index in [1.165, 1.54) is 12.1 Å². The van der Waals surface area contributed by atoms with Crippen molar-refractivity contribution < 1.29 is 18.0 Å². The zero-order valence-corrected chi connectivity index (χ0v) is 17.0. The Balaban J connectivity index is 0.00000240. The molecule has 0 aliphatic carbocycles. The third-order valence-electron chi connectivity index (χ3n) is 6.04. The summed E-state index contributed by atoms with van der Waals surface area (Å²) >= 11 is 0. The van der Waals surface area contributed by atoms with Gasteiger partial charge in [0, 0.05) is 19.8 Å². The lowest BCUT2D eigenvalue weighted by atomic mass is 9.95. The summed E-state index contributed by atoms with van der Waals surface area (Å²) in [5, 5.41) is 3.51. The first-order valence-corrected chi connectivity index (χ1v) is 9.38. The molecule has 29 heavy (non-hydrogen) atoms. The fraction of sp³-hybridized carbons (Fsp3) is 0.429. The van der Waals surface area contributed by atoms with Gasteiger partial charge in [-0.05, 0) is 61.1 Å². The molecule has 2 aromatic rings. The van der Waals surface area contributed by atoms with Crippen LogP contribution in [0.2, 0.25) is 0 Å². The quantitative estimate of drug-likeness (QED) is 0.769. The van der Waals surface area contributed by atoms with E-state index in [2.05, 4.69) is 10.3 Å². The molecule has 0 unspecified atom stereocenters. The van der Waals surface area contributed by atoms with Gasteiger partial charge < -0.3 is 4.90 Å². The Bertz CT molecular complexity index is 916. The topological polar surface area (TPSA) is 45.2 Å². The molecule has 2 aliphatic heterocycles. The van der Waals surface area contributed by atoms with Crippen molar-refractivity contribution >= 4 is 18.3 Å². The summed E-state index contributed by atoms with van der Waals surface area (Å²) in [4.78, 5) is 18.8. The summed E-state index contributed by atoms with van der Waals surface area (Å²) in [5.41, 5.74) is 2.20. The Morgan fingerprint density at radius 1 is 1.17 bits per heavy atom. The molecule has 0 radical (unpaired) electrons. The molecular weight excluding hydrogens is 403 g/mol. The van der Waals surface area contributed by atoms with E-state index in [0.717, 1.165) is 60.3 Å². The molecule has 1 spiro atoms. The number of carbonyl (C=O) groups is 1. The van der Waals surface area contributed by atoms with E-state index < -0.39 is 17.3 Å². The largest absolute Gasteiger partial charge is 0.416 e. The maximum atomic E-state index is 12.8. The van der Waals surface area contributed by atoms with Gasteiger partial charge >= 0.3 is 6.18 Å². The van der Waals surface area contributed by atoms with Crippen LogP contribution in [0.3, 0.4) is 0 Å². The lowest BCUT2D eigenvalue weighted by Crippen LogP contribution is -2.47. The van der Waals surface area contributed by atoms with Crippen LogP contribution in [0, 0.1) is 6.92 Å². The molecule has 156 valence electrons. The average Bonchev–Trinajstić information content (AvgIpc) is 3.21. The third kappa shape index (κ3) is 3.73. The minimum absolute atomic E-state index is 0. The van der Waals surface area contributed by atoms with Crippen molar-refractivity contribution in [1.82, 2.24) is 15.2 Å². The summed E-state index contributed by atoms with van der Waals surface area (Å²) in [6.07, 6.45) is -0.294. The number of alkyl halides is 3. The number of amides is 1. The van der Waals surface area contributed by atoms with Crippen molar-refractivity contribution in [3.05, 3.63) is 53.3 Å². The van der Waals surface area contributed by atoms with Crippen molar-refractivity contribution in [3.63, 3.8) is 0 Å². The molecule has 2 atom stereocenters. The molecule has 2 saturated heterocycles. The summed E-state index contributed by atoms with van der Waals surface area (Å²) in [5.74, 6) is 0.131. The normalized spacial score (nSPS) is 24.2. The van der Waals surface area contributed by atoms with Crippen LogP contribution in [0.4, 0.5) is 13.2 Å². The van der Waals surface area contributed by atoms with E-state index >= 15 is 0 Å². The molecule has 1 amide bonds. The summed E-state index contributed by atoms with van der Waals surface area (Å²) in [7, 11) is 1.82. The number of rotatable bonds is 2. The first kappa shape index (κ1) is 21.6. The highest BCUT2D eigenvalue weighted by atomic mass is 35.5. The van der Waals surface area contributed by atoms with Gasteiger partial charge in [-0.15, -0.1) is 12.4 Å². The van der Waals surface area contributed by atoms with Gasteiger partial charge in [0.2, 0.25) is 5.91 Å². The molecule has 1 aromatic heterocycles. The highest BCUT2D eigenvalue weighted by Gasteiger charge is 2.50. The van der Waals surface area contributed by atoms with Crippen molar-refractivity contribution in [1.29, 1.82) is 0 Å². The number of nitrogens with one attached hydrogen (secondary N) is 1. The number of benzene rings is 1. The molecule has 8 heteroatoms. The van der Waals surface area contributed by atoms with Crippen LogP contribution in [0.1, 0.15) is 42.1 Å². The minimum atomic E-state index is -4.35. The lowest BCUT2D eigenvalue weighted by molar-refractivity contribution is -0.137. The standard InChI is InChI=1S/C21H22F3N3O.ClH/c1-13-16(14-3-5-15(6-4-14)21(22,23)24)8-11-25-18(13)17-7-9-20(26-17)10-12-27(2)19(20)28;/h3-6,8,11,17,26H,7,9-10,12H2,1-2H3;1H/t17-,20-;/m0./s1. The monoisotopic (exact) mass is 425 g/mol. The maximum Gasteiger partial charge on any atom is 0.416 e. The zero-order chi connectivity index (χ0) is 20.1. The average molecular weight is 426 g/mol. The first-order valence-electron chi connectivity index (χ1n) is 9.38. The van der Waals surface area contributed by atoms with Crippen LogP contribution in [0.25, 0.3) is 11.1 Å². The zero-order valence-electron chi connectivity index (χ0n) is 16.2. The van der Waals surface area contributed by atoms with E-state index in [1.807, 2.05) is 20.0 Å². The highest BCUT2D eigenvalue weighted by molar-refractivity contribution is 5.88. The predicted octanol–water partition coefficient (Wildman–Crippen LogP) is 4.52. The number of likely N-dealkylation sites (N-methyl/N-ethyl adjacent to an activating group) is 1. The van der Waals surface area contributed by atoms with Gasteiger partial charge in [-0.2, -0.15) is 13.2 Å². The van der Waals surface area contributed by atoms with Gasteiger partial charge in [0.05, 0.1) is 17.3 Å². The Labute approximate surface area is 173 Å². The molecule has 4 rings (SSSR count). The SMILES string of the molecule is Cc1c(-c2ccc(C(F)(F)F)cc2)ccnc1[C@@H]1CC[C@@]2(CCN(C)C2=O)N1.Cl. The van der Waals surface area contributed by atoms with E-state index in [-0.39, 0.29) is 24.4 Å². The summed E-state index contributed by atoms with van der Waals surface area (Å²) in [6, 6.07) is 6.97. The lowest BCUT2D eigenvalue weighted by Gasteiger charge is -2.24. The van der Waals surface area contributed by atoms with Crippen LogP contribution in [0.5, 0.6) is 0 Å². The number of likely N-dealkylation sites (tertiary alicyclic amines) is 1. The van der Waals surface area contributed by atoms with E-state index in [9.17, 15) is 18.0 Å². The number of carbonyl (C=O) groups excluding carboxylic acids is 1. The summed E-state index contributed by atoms with van der Waals surface area (Å²) < 4.78 is 38.5. The second kappa shape index (κ2) is 7.61. The molecular formula is C21H23ClF3N3O. The van der Waals surface area contributed by atoms with Crippen molar-refractivity contribution in [2.75, 3.05) is 13.6 Å². The van der Waals surface area contributed by atoms with Crippen molar-refractivity contribution in [2.24, 2.45) is 0 Å². The number of nitrogens with zero attached hydrogens (tertiary/aromatic N) is 2. The number of hydrogen-bond donors (Lipinski definition) is 1. The third-order valence-corrected chi connectivity index (χ3v) is 6.04. The van der Waals surface area contributed by atoms with Gasteiger partial charge in [-0.3, -0.25) is 15.1 Å². The summed E-state index contributed by atoms with van der Waals surface area (Å²) in [6.45, 7) is 2.68. The Morgan fingerprint density at radius 3 is 2.45 bits per heavy atom. The minimum Gasteiger partial charge on any atom is -0.344 e. The number of aromatic nitrogens is 1. The molecule has 2 fully saturated rings. The van der Waals surface area contributed by atoms with E-state index in [1.54, 1.807) is 11.1 Å². The maximum absolute atomic E-state index is 12.8. The fourth-order valence-corrected chi connectivity index (χ4v) is 4.43. The molecule has 1 N–H and O–H groups in total. The van der Waals surface area contributed by atoms with Crippen LogP contribution >= 0.6 is 12.4 Å². The molecule has 0 bridgehead atoms. The van der Waals surface area contributed by atoms with Gasteiger partial charge in [0.15, 0.2) is 0 Å². The number of hydrogen-bond acceptors (Lipinski definition) is 3. The predicted molar refractivity (Wildman–Crippen MR) is 107 cm³/mol. The molecule has 0 saturated carbocycles. The van der Waals surface area contributed by atoms with Crippen LogP contribution < -0.4 is 5.32 Å². The van der Waals surface area contributed by atoms with E-state index in [0.29, 0.717) is 0 Å². The van der Waals surface area contributed by atoms with Gasteiger partial charge in [0.1, 0.15) is 5.54 Å². The number of halogens is 4. The van der Waals surface area contributed by atoms with Crippen molar-refractivity contribution in [2.45, 2.75) is 43.9 Å². The van der Waals surface area contributed by atoms with Gasteiger partial charge in [0.25, 0.3) is 0 Å². The Kier molecular flexibility index (Phi) is 5.66. The van der Waals surface area contributed by atoms with Crippen LogP contribution in [-0.4, -0.2) is 34.9 Å². The molecule has 4 nitrogen and oxygen atoms in total. The van der Waals surface area contributed by atoms with Crippen LogP contribution in [0.15, 0.2) is 36.5 Å². The van der Waals surface area contributed by atoms with Gasteiger partial charge in [-0.1, -0.05) is 12.1 Å². The first-order chi connectivity index (χ1) is 13.2. The molecule has 3 heterocycles. The van der Waals surface area contributed by atoms with E-state index in [4.69, 9.17) is 0 Å².